The van der Waals surface area contributed by atoms with E-state index in [1.54, 1.807) is 23.1 Å². The van der Waals surface area contributed by atoms with Crippen LogP contribution in [0, 0.1) is 11.7 Å². The number of halogens is 1. The van der Waals surface area contributed by atoms with E-state index in [1.165, 1.54) is 0 Å². The lowest BCUT2D eigenvalue weighted by Gasteiger charge is -2.17. The van der Waals surface area contributed by atoms with E-state index in [1.807, 2.05) is 0 Å². The molecule has 2 N–H and O–H groups in total. The number of carbonyl (C=O) groups is 1. The summed E-state index contributed by atoms with van der Waals surface area (Å²) in [5, 5.41) is 0. The van der Waals surface area contributed by atoms with Crippen molar-refractivity contribution in [3.8, 4) is 0 Å². The SMILES string of the molecule is CCC1CC(=O)N(Cc2cccc(C(N)=S)c2F)C1. The van der Waals surface area contributed by atoms with E-state index in [4.69, 9.17) is 18.0 Å². The molecule has 1 unspecified atom stereocenters. The minimum absolute atomic E-state index is 0.0403. The summed E-state index contributed by atoms with van der Waals surface area (Å²) in [7, 11) is 0. The van der Waals surface area contributed by atoms with E-state index >= 15 is 0 Å². The normalized spacial score (nSPS) is 18.9. The number of rotatable bonds is 4. The third-order valence-electron chi connectivity index (χ3n) is 3.58. The molecule has 3 nitrogen and oxygen atoms in total. The van der Waals surface area contributed by atoms with Crippen molar-refractivity contribution in [2.24, 2.45) is 11.7 Å². The molecule has 1 atom stereocenters. The van der Waals surface area contributed by atoms with Crippen LogP contribution in [0.4, 0.5) is 4.39 Å². The number of benzene rings is 1. The summed E-state index contributed by atoms with van der Waals surface area (Å²) in [6, 6.07) is 4.94. The Hall–Kier alpha value is -1.49. The monoisotopic (exact) mass is 280 g/mol. The van der Waals surface area contributed by atoms with Crippen LogP contribution in [0.3, 0.4) is 0 Å². The molecule has 19 heavy (non-hydrogen) atoms. The Labute approximate surface area is 117 Å². The second-order valence-corrected chi connectivity index (χ2v) is 5.34. The molecule has 1 aliphatic rings. The van der Waals surface area contributed by atoms with Gasteiger partial charge in [0.2, 0.25) is 5.91 Å². The molecule has 0 bridgehead atoms. The number of amides is 1. The second-order valence-electron chi connectivity index (χ2n) is 4.90. The number of nitrogens with zero attached hydrogens (tertiary/aromatic N) is 1. The summed E-state index contributed by atoms with van der Waals surface area (Å²) in [5.74, 6) is 0.0593. The first-order valence-electron chi connectivity index (χ1n) is 6.37. The van der Waals surface area contributed by atoms with Crippen LogP contribution in [0.25, 0.3) is 0 Å². The lowest BCUT2D eigenvalue weighted by Crippen LogP contribution is -2.25. The van der Waals surface area contributed by atoms with Gasteiger partial charge in [-0.05, 0) is 12.0 Å². The molecule has 102 valence electrons. The molecule has 1 saturated heterocycles. The second kappa shape index (κ2) is 5.65. The summed E-state index contributed by atoms with van der Waals surface area (Å²) in [5.41, 5.74) is 6.18. The zero-order valence-electron chi connectivity index (χ0n) is 10.9. The fraction of sp³-hybridized carbons (Fsp3) is 0.429. The zero-order valence-corrected chi connectivity index (χ0v) is 11.7. The molecule has 0 aromatic heterocycles. The van der Waals surface area contributed by atoms with Gasteiger partial charge in [-0.1, -0.05) is 37.7 Å². The maximum absolute atomic E-state index is 14.2. The zero-order chi connectivity index (χ0) is 14.0. The molecule has 1 amide bonds. The minimum atomic E-state index is -0.414. The van der Waals surface area contributed by atoms with Crippen LogP contribution in [-0.4, -0.2) is 22.3 Å². The van der Waals surface area contributed by atoms with Crippen LogP contribution >= 0.6 is 12.2 Å². The van der Waals surface area contributed by atoms with Gasteiger partial charge in [0.25, 0.3) is 0 Å². The lowest BCUT2D eigenvalue weighted by molar-refractivity contribution is -0.128. The molecule has 1 aromatic rings. The van der Waals surface area contributed by atoms with E-state index in [9.17, 15) is 9.18 Å². The van der Waals surface area contributed by atoms with Crippen molar-refractivity contribution >= 4 is 23.1 Å². The summed E-state index contributed by atoms with van der Waals surface area (Å²) >= 11 is 4.81. The van der Waals surface area contributed by atoms with E-state index in [0.29, 0.717) is 24.4 Å². The maximum atomic E-state index is 14.2. The fourth-order valence-corrected chi connectivity index (χ4v) is 2.54. The Balaban J connectivity index is 2.18. The lowest BCUT2D eigenvalue weighted by atomic mass is 10.1. The van der Waals surface area contributed by atoms with Crippen LogP contribution in [0.2, 0.25) is 0 Å². The Kier molecular flexibility index (Phi) is 4.14. The quantitative estimate of drug-likeness (QED) is 0.860. The highest BCUT2D eigenvalue weighted by Crippen LogP contribution is 2.24. The largest absolute Gasteiger partial charge is 0.389 e. The van der Waals surface area contributed by atoms with Crippen molar-refractivity contribution in [1.29, 1.82) is 0 Å². The molecule has 1 aliphatic heterocycles. The Morgan fingerprint density at radius 2 is 2.32 bits per heavy atom. The van der Waals surface area contributed by atoms with Gasteiger partial charge in [-0.2, -0.15) is 0 Å². The Morgan fingerprint density at radius 3 is 2.89 bits per heavy atom. The molecule has 0 aliphatic carbocycles. The van der Waals surface area contributed by atoms with E-state index in [2.05, 4.69) is 6.92 Å². The highest BCUT2D eigenvalue weighted by atomic mass is 32.1. The van der Waals surface area contributed by atoms with Gasteiger partial charge in [0, 0.05) is 30.6 Å². The first kappa shape index (κ1) is 13.9. The summed E-state index contributed by atoms with van der Waals surface area (Å²) in [6.45, 7) is 3.05. The number of nitrogens with two attached hydrogens (primary N) is 1. The van der Waals surface area contributed by atoms with Gasteiger partial charge in [-0.25, -0.2) is 4.39 Å². The van der Waals surface area contributed by atoms with Gasteiger partial charge in [0.1, 0.15) is 10.8 Å². The van der Waals surface area contributed by atoms with E-state index in [-0.39, 0.29) is 23.0 Å². The van der Waals surface area contributed by atoms with Gasteiger partial charge in [0.05, 0.1) is 0 Å². The number of hydrogen-bond acceptors (Lipinski definition) is 2. The van der Waals surface area contributed by atoms with E-state index in [0.717, 1.165) is 6.42 Å². The molecule has 5 heteroatoms. The summed E-state index contributed by atoms with van der Waals surface area (Å²) in [4.78, 5) is 13.6. The topological polar surface area (TPSA) is 46.3 Å². The van der Waals surface area contributed by atoms with Crippen LogP contribution in [0.15, 0.2) is 18.2 Å². The molecule has 2 rings (SSSR count). The summed E-state index contributed by atoms with van der Waals surface area (Å²) in [6.07, 6.45) is 1.53. The summed E-state index contributed by atoms with van der Waals surface area (Å²) < 4.78 is 14.2. The van der Waals surface area contributed by atoms with Crippen molar-refractivity contribution in [2.45, 2.75) is 26.3 Å². The van der Waals surface area contributed by atoms with Crippen molar-refractivity contribution in [3.05, 3.63) is 35.1 Å². The maximum Gasteiger partial charge on any atom is 0.223 e. The standard InChI is InChI=1S/C14H17FN2OS/c1-2-9-6-12(18)17(7-9)8-10-4-3-5-11(13(10)15)14(16)19/h3-5,9H,2,6-8H2,1H3,(H2,16,19). The van der Waals surface area contributed by atoms with Gasteiger partial charge in [0.15, 0.2) is 0 Å². The number of thiocarbonyl (C=S) groups is 1. The predicted molar refractivity (Wildman–Crippen MR) is 76.1 cm³/mol. The molecule has 1 aromatic carbocycles. The van der Waals surface area contributed by atoms with Crippen molar-refractivity contribution in [1.82, 2.24) is 4.90 Å². The highest BCUT2D eigenvalue weighted by molar-refractivity contribution is 7.80. The first-order valence-corrected chi connectivity index (χ1v) is 6.78. The van der Waals surface area contributed by atoms with Gasteiger partial charge >= 0.3 is 0 Å². The average Bonchev–Trinajstić information content (AvgIpc) is 2.72. The first-order chi connectivity index (χ1) is 9.02. The average molecular weight is 280 g/mol. The number of carbonyl (C=O) groups excluding carboxylic acids is 1. The van der Waals surface area contributed by atoms with Gasteiger partial charge in [-0.3, -0.25) is 4.79 Å². The van der Waals surface area contributed by atoms with Gasteiger partial charge < -0.3 is 10.6 Å². The van der Waals surface area contributed by atoms with Crippen LogP contribution in [-0.2, 0) is 11.3 Å². The molecule has 0 radical (unpaired) electrons. The smallest absolute Gasteiger partial charge is 0.223 e. The van der Waals surface area contributed by atoms with Crippen LogP contribution in [0.1, 0.15) is 30.9 Å². The Bertz CT molecular complexity index is 518. The minimum Gasteiger partial charge on any atom is -0.389 e. The van der Waals surface area contributed by atoms with Crippen molar-refractivity contribution in [3.63, 3.8) is 0 Å². The third kappa shape index (κ3) is 2.92. The third-order valence-corrected chi connectivity index (χ3v) is 3.80. The van der Waals surface area contributed by atoms with E-state index < -0.39 is 5.82 Å². The fourth-order valence-electron chi connectivity index (χ4n) is 2.38. The molecule has 0 saturated carbocycles. The predicted octanol–water partition coefficient (Wildman–Crippen LogP) is 2.22. The number of hydrogen-bond donors (Lipinski definition) is 1. The Morgan fingerprint density at radius 1 is 1.58 bits per heavy atom. The van der Waals surface area contributed by atoms with Crippen molar-refractivity contribution < 1.29 is 9.18 Å². The highest BCUT2D eigenvalue weighted by Gasteiger charge is 2.28. The number of likely N-dealkylation sites (tertiary alicyclic amines) is 1. The molecular formula is C14H17FN2OS. The van der Waals surface area contributed by atoms with Crippen LogP contribution < -0.4 is 5.73 Å². The molecule has 1 fully saturated rings. The van der Waals surface area contributed by atoms with Gasteiger partial charge in [-0.15, -0.1) is 0 Å². The molecular weight excluding hydrogens is 263 g/mol. The molecule has 0 spiro atoms. The van der Waals surface area contributed by atoms with Crippen LogP contribution in [0.5, 0.6) is 0 Å². The molecule has 1 heterocycles. The van der Waals surface area contributed by atoms with Crippen molar-refractivity contribution in [2.75, 3.05) is 6.54 Å².